The summed E-state index contributed by atoms with van der Waals surface area (Å²) in [5.41, 5.74) is 5.70. The minimum absolute atomic E-state index is 0.246. The van der Waals surface area contributed by atoms with E-state index >= 15 is 0 Å². The van der Waals surface area contributed by atoms with Crippen molar-refractivity contribution in [3.8, 4) is 0 Å². The van der Waals surface area contributed by atoms with Crippen molar-refractivity contribution in [2.24, 2.45) is 5.73 Å². The first-order chi connectivity index (χ1) is 7.04. The summed E-state index contributed by atoms with van der Waals surface area (Å²) >= 11 is 0. The molecular weight excluding hydrogens is 224 g/mol. The van der Waals surface area contributed by atoms with E-state index in [1.54, 1.807) is 0 Å². The molecule has 1 rings (SSSR count). The number of hydrogen-bond donors (Lipinski definition) is 1. The maximum absolute atomic E-state index is 12.0. The first-order valence-electron chi connectivity index (χ1n) is 5.77. The number of hydrogen-bond acceptors (Lipinski definition) is 4. The molecule has 0 aromatic carbocycles. The summed E-state index contributed by atoms with van der Waals surface area (Å²) in [6.45, 7) is 9.74. The summed E-state index contributed by atoms with van der Waals surface area (Å²) < 4.78 is 23.4. The summed E-state index contributed by atoms with van der Waals surface area (Å²) in [5.74, 6) is 0.246. The fourth-order valence-electron chi connectivity index (χ4n) is 1.95. The van der Waals surface area contributed by atoms with Crippen molar-refractivity contribution in [3.63, 3.8) is 0 Å². The zero-order valence-corrected chi connectivity index (χ0v) is 11.6. The van der Waals surface area contributed by atoms with Crippen LogP contribution < -0.4 is 5.73 Å². The van der Waals surface area contributed by atoms with Crippen LogP contribution in [0.1, 0.15) is 34.1 Å². The van der Waals surface area contributed by atoms with Crippen molar-refractivity contribution < 1.29 is 8.42 Å². The Bertz CT molecular complexity index is 341. The number of rotatable bonds is 2. The van der Waals surface area contributed by atoms with Gasteiger partial charge < -0.3 is 10.6 Å². The molecule has 0 radical (unpaired) electrons. The molecule has 0 amide bonds. The molecule has 0 aromatic rings. The number of nitrogens with zero attached hydrogens (tertiary/aromatic N) is 1. The van der Waals surface area contributed by atoms with Gasteiger partial charge in [-0.05, 0) is 40.7 Å². The molecule has 2 N–H and O–H groups in total. The topological polar surface area (TPSA) is 63.4 Å². The molecular formula is C11H24N2O2S. The summed E-state index contributed by atoms with van der Waals surface area (Å²) in [7, 11) is -2.97. The highest BCUT2D eigenvalue weighted by Gasteiger charge is 2.37. The van der Waals surface area contributed by atoms with Crippen LogP contribution in [0.15, 0.2) is 0 Å². The van der Waals surface area contributed by atoms with E-state index in [0.717, 1.165) is 13.1 Å². The first-order valence-corrected chi connectivity index (χ1v) is 7.42. The molecule has 1 heterocycles. The van der Waals surface area contributed by atoms with Crippen LogP contribution in [0.3, 0.4) is 0 Å². The van der Waals surface area contributed by atoms with Gasteiger partial charge in [0, 0.05) is 18.6 Å². The zero-order chi connectivity index (χ0) is 12.6. The Balaban J connectivity index is 2.73. The Morgan fingerprint density at radius 1 is 1.31 bits per heavy atom. The monoisotopic (exact) mass is 248 g/mol. The van der Waals surface area contributed by atoms with Gasteiger partial charge in [0.05, 0.1) is 10.5 Å². The smallest absolute Gasteiger partial charge is 0.156 e. The molecule has 4 nitrogen and oxygen atoms in total. The molecule has 1 saturated heterocycles. The van der Waals surface area contributed by atoms with Gasteiger partial charge in [0.1, 0.15) is 0 Å². The maximum atomic E-state index is 12.0. The predicted molar refractivity (Wildman–Crippen MR) is 67.2 cm³/mol. The molecule has 96 valence electrons. The number of sulfone groups is 1. The SMILES string of the molecule is CC(C)(N)CN1CCC(C)(C)S(=O)(=O)CC1. The molecule has 16 heavy (non-hydrogen) atoms. The van der Waals surface area contributed by atoms with E-state index in [0.29, 0.717) is 13.0 Å². The third-order valence-electron chi connectivity index (χ3n) is 3.18. The Labute approximate surface area is 99.1 Å². The van der Waals surface area contributed by atoms with Gasteiger partial charge in [0.2, 0.25) is 0 Å². The minimum Gasteiger partial charge on any atom is -0.324 e. The van der Waals surface area contributed by atoms with E-state index < -0.39 is 14.6 Å². The fraction of sp³-hybridized carbons (Fsp3) is 1.00. The van der Waals surface area contributed by atoms with Crippen molar-refractivity contribution in [2.75, 3.05) is 25.4 Å². The van der Waals surface area contributed by atoms with E-state index in [2.05, 4.69) is 4.90 Å². The van der Waals surface area contributed by atoms with Crippen LogP contribution in [0.2, 0.25) is 0 Å². The molecule has 0 aromatic heterocycles. The molecule has 5 heteroatoms. The Morgan fingerprint density at radius 3 is 2.38 bits per heavy atom. The highest BCUT2D eigenvalue weighted by molar-refractivity contribution is 7.92. The van der Waals surface area contributed by atoms with E-state index in [4.69, 9.17) is 5.73 Å². The standard InChI is InChI=1S/C11H24N2O2S/c1-10(2,12)9-13-6-5-11(3,4)16(14,15)8-7-13/h5-9,12H2,1-4H3. The van der Waals surface area contributed by atoms with Crippen molar-refractivity contribution in [2.45, 2.75) is 44.4 Å². The Morgan fingerprint density at radius 2 is 1.88 bits per heavy atom. The molecule has 1 aliphatic heterocycles. The Kier molecular flexibility index (Phi) is 3.72. The molecule has 0 unspecified atom stereocenters. The zero-order valence-electron chi connectivity index (χ0n) is 10.8. The van der Waals surface area contributed by atoms with Crippen molar-refractivity contribution >= 4 is 9.84 Å². The van der Waals surface area contributed by atoms with Gasteiger partial charge in [0.25, 0.3) is 0 Å². The van der Waals surface area contributed by atoms with Gasteiger partial charge >= 0.3 is 0 Å². The predicted octanol–water partition coefficient (Wildman–Crippen LogP) is 0.623. The van der Waals surface area contributed by atoms with Crippen LogP contribution in [0.5, 0.6) is 0 Å². The molecule has 0 spiro atoms. The van der Waals surface area contributed by atoms with Crippen LogP contribution in [-0.2, 0) is 9.84 Å². The van der Waals surface area contributed by atoms with Crippen molar-refractivity contribution in [1.82, 2.24) is 4.90 Å². The summed E-state index contributed by atoms with van der Waals surface area (Å²) in [6, 6.07) is 0. The highest BCUT2D eigenvalue weighted by Crippen LogP contribution is 2.25. The van der Waals surface area contributed by atoms with Crippen LogP contribution in [0, 0.1) is 0 Å². The molecule has 0 aliphatic carbocycles. The highest BCUT2D eigenvalue weighted by atomic mass is 32.2. The molecule has 1 aliphatic rings. The average Bonchev–Trinajstić information content (AvgIpc) is 2.14. The first kappa shape index (κ1) is 13.9. The van der Waals surface area contributed by atoms with E-state index in [-0.39, 0.29) is 11.3 Å². The van der Waals surface area contributed by atoms with Crippen LogP contribution in [-0.4, -0.2) is 49.0 Å². The lowest BCUT2D eigenvalue weighted by Crippen LogP contribution is -2.46. The van der Waals surface area contributed by atoms with Gasteiger partial charge in [-0.3, -0.25) is 0 Å². The third kappa shape index (κ3) is 3.43. The largest absolute Gasteiger partial charge is 0.324 e. The van der Waals surface area contributed by atoms with Gasteiger partial charge in [-0.1, -0.05) is 0 Å². The van der Waals surface area contributed by atoms with Crippen molar-refractivity contribution in [3.05, 3.63) is 0 Å². The van der Waals surface area contributed by atoms with E-state index in [9.17, 15) is 8.42 Å². The summed E-state index contributed by atoms with van der Waals surface area (Å²) in [5, 5.41) is 0. The second-order valence-electron chi connectivity index (χ2n) is 6.09. The van der Waals surface area contributed by atoms with Gasteiger partial charge in [-0.15, -0.1) is 0 Å². The minimum atomic E-state index is -2.97. The quantitative estimate of drug-likeness (QED) is 0.778. The lowest BCUT2D eigenvalue weighted by atomic mass is 10.1. The van der Waals surface area contributed by atoms with Gasteiger partial charge in [-0.2, -0.15) is 0 Å². The number of nitrogens with two attached hydrogens (primary N) is 1. The summed E-state index contributed by atoms with van der Waals surface area (Å²) in [4.78, 5) is 2.16. The Hall–Kier alpha value is -0.130. The summed E-state index contributed by atoms with van der Waals surface area (Å²) in [6.07, 6.45) is 0.686. The lowest BCUT2D eigenvalue weighted by Gasteiger charge is -2.28. The molecule has 0 bridgehead atoms. The van der Waals surface area contributed by atoms with Crippen LogP contribution >= 0.6 is 0 Å². The van der Waals surface area contributed by atoms with Gasteiger partial charge in [0.15, 0.2) is 9.84 Å². The second kappa shape index (κ2) is 4.27. The normalized spacial score (nSPS) is 26.3. The third-order valence-corrected chi connectivity index (χ3v) is 5.79. The second-order valence-corrected chi connectivity index (χ2v) is 8.84. The average molecular weight is 248 g/mol. The van der Waals surface area contributed by atoms with Crippen LogP contribution in [0.25, 0.3) is 0 Å². The molecule has 0 saturated carbocycles. The molecule has 1 fully saturated rings. The fourth-order valence-corrected chi connectivity index (χ4v) is 3.41. The molecule has 0 atom stereocenters. The van der Waals surface area contributed by atoms with Crippen molar-refractivity contribution in [1.29, 1.82) is 0 Å². The van der Waals surface area contributed by atoms with Gasteiger partial charge in [-0.25, -0.2) is 8.42 Å². The maximum Gasteiger partial charge on any atom is 0.156 e. The van der Waals surface area contributed by atoms with E-state index in [1.165, 1.54) is 0 Å². The van der Waals surface area contributed by atoms with E-state index in [1.807, 2.05) is 27.7 Å². The lowest BCUT2D eigenvalue weighted by molar-refractivity contribution is 0.234. The van der Waals surface area contributed by atoms with Crippen LogP contribution in [0.4, 0.5) is 0 Å².